The molecule has 12 heterocycles. The van der Waals surface area contributed by atoms with Crippen molar-refractivity contribution in [1.82, 2.24) is 21.3 Å². The van der Waals surface area contributed by atoms with Gasteiger partial charge in [0, 0.05) is 27.7 Å². The number of aliphatic hydroxyl groups excluding tert-OH is 32. The third-order valence-corrected chi connectivity index (χ3v) is 26.6. The van der Waals surface area contributed by atoms with Gasteiger partial charge in [-0.3, -0.25) is 19.2 Å². The Bertz CT molecular complexity index is 3960. The minimum absolute atomic E-state index is 0.874. The van der Waals surface area contributed by atoms with Crippen LogP contribution in [0.5, 0.6) is 0 Å². The smallest absolute Gasteiger partial charge is 0.217 e. The van der Waals surface area contributed by atoms with Crippen LogP contribution in [0.2, 0.25) is 0 Å². The van der Waals surface area contributed by atoms with E-state index in [2.05, 4.69) is 21.3 Å². The quantitative estimate of drug-likeness (QED) is 0.0277. The predicted octanol–water partition coefficient (Wildman–Crippen LogP) is -24.5. The van der Waals surface area contributed by atoms with Crippen LogP contribution in [0.3, 0.4) is 0 Å². The summed E-state index contributed by atoms with van der Waals surface area (Å²) in [5.41, 5.74) is 0. The number of carbonyl (C=O) groups excluding carboxylic acids is 4. The van der Waals surface area contributed by atoms with Crippen molar-refractivity contribution in [2.75, 3.05) is 66.1 Å². The summed E-state index contributed by atoms with van der Waals surface area (Å²) in [6, 6.07) is -8.08. The standard InChI is InChI=1S/C80H134N4O59/c1-17-37(97)48(108)54(114)73(123-17)121-16-32-62(45(105)33(69(120)125-32)81-19(3)93)135-70-34(82-20(4)94)46(106)61(28(12-90)131-70)137-78-59(119)66(141-80-68(53(113)42(102)26(10-88)130-80)143-72-36(84-22(6)96)64(139-74-55(115)49(109)38(98)18(2)124-74)63(30(14-92)133-72)138-75-56(116)50(110)39(99)23(7-85)126-75)44(104)31(134-78)15-122-79-67(52(112)41(101)25(9-87)129-79)142-71-35(83-21(5)95)47(107)60(29(13-91)132-71)136-77-58(118)65(43(103)27(11-89)128-77)140-76-57(117)51(111)40(100)24(8-86)127-76/h17-18,23-80,85-92,97-120H,7-16H2,1-6H3,(H,81,93)(H,82,94)(H,83,95)(H,84,96)/t17-,18-,23+,24+,25+,26+,27+,28+,29+,30+,31+,32+,33+,34+,35+,36+,37+,38+,39-,40-,41+,42+,43-,44+,45+,46+,47+,48+,49+,50-,51-,52-,53-,54-,55-,56+,57+,58+,59-,60+,61+,62+,63+,64+,65-,66-,67-,68-,69+,70-,71-,72-,73+,74-,75-,76+,77-,78-,79-,80+/m0/s1. The van der Waals surface area contributed by atoms with E-state index >= 15 is 0 Å². The number of ether oxygens (including phenoxy) is 23. The molecule has 143 heavy (non-hydrogen) atoms. The molecule has 0 aromatic carbocycles. The number of carbonyl (C=O) groups is 4. The molecule has 60 atom stereocenters. The molecule has 0 saturated carbocycles. The SMILES string of the molecule is CC(=O)N[C@@H]1[C@@H](O)[C@H](O[C@@H]2O[C@H](CO)[C@@H](O[C@@H]3O[C@H](CO[C@H]4O[C@H](CO)[C@@H](O)[C@H](O)[C@@H]4O[C@@H]4O[C@H](CO)[C@@H](O[C@@H]5O[C@H](CO)[C@H](O)[C@H](O[C@H]6O[C@H](CO)[C@H](O)[C@H](O)[C@H]6O)[C@H]5O)[C@H](O)[C@H]4NC(C)=O)[C@@H](O)[C@H](O[C@H]4O[C@H](CO)[C@@H](O)[C@H](O)[C@@H]4O[C@@H]4O[C@H](CO)[C@@H](O[C@@H]5O[C@H](CO)[C@H](O)[C@H](O)[C@H]5O)[C@H](O[C@@H]5O[C@@H](C)[C@@H](O)[C@@H](O)[C@@H]5O)[C@H]4NC(C)=O)[C@@H]3O)[C@H](O)[C@H]2NC(C)=O)[C@@H](CO[C@@H]2O[C@@H](C)[C@@H](O)[C@@H](O)[C@@H]2O)O[C@H]1O. The minimum atomic E-state index is -2.73. The summed E-state index contributed by atoms with van der Waals surface area (Å²) in [5.74, 6) is -4.00. The van der Waals surface area contributed by atoms with E-state index in [0.717, 1.165) is 27.7 Å². The van der Waals surface area contributed by atoms with Crippen molar-refractivity contribution >= 4 is 23.6 Å². The third kappa shape index (κ3) is 25.8. The molecule has 12 fully saturated rings. The summed E-state index contributed by atoms with van der Waals surface area (Å²) in [6.07, 6.45) is -120. The Hall–Kier alpha value is -4.32. The van der Waals surface area contributed by atoms with Crippen molar-refractivity contribution in [1.29, 1.82) is 0 Å². The van der Waals surface area contributed by atoms with E-state index in [1.54, 1.807) is 0 Å². The van der Waals surface area contributed by atoms with Crippen molar-refractivity contribution in [3.05, 3.63) is 0 Å². The number of hydrogen-bond donors (Lipinski definition) is 36. The predicted molar refractivity (Wildman–Crippen MR) is 439 cm³/mol. The van der Waals surface area contributed by atoms with Crippen LogP contribution in [0.25, 0.3) is 0 Å². The van der Waals surface area contributed by atoms with Gasteiger partial charge in [-0.1, -0.05) is 0 Å². The summed E-state index contributed by atoms with van der Waals surface area (Å²) >= 11 is 0. The molecule has 12 rings (SSSR count). The molecule has 0 aliphatic carbocycles. The van der Waals surface area contributed by atoms with Crippen LogP contribution in [0.1, 0.15) is 41.5 Å². The van der Waals surface area contributed by atoms with E-state index < -0.39 is 458 Å². The van der Waals surface area contributed by atoms with E-state index in [-0.39, 0.29) is 0 Å². The van der Waals surface area contributed by atoms with Crippen LogP contribution in [0.15, 0.2) is 0 Å². The minimum Gasteiger partial charge on any atom is -0.394 e. The highest BCUT2D eigenvalue weighted by Gasteiger charge is 2.64. The highest BCUT2D eigenvalue weighted by molar-refractivity contribution is 5.74. The molecule has 0 spiro atoms. The molecule has 12 aliphatic heterocycles. The summed E-state index contributed by atoms with van der Waals surface area (Å²) in [4.78, 5) is 52.9. The lowest BCUT2D eigenvalue weighted by Gasteiger charge is -2.52. The summed E-state index contributed by atoms with van der Waals surface area (Å²) in [6.45, 7) is -5.55. The largest absolute Gasteiger partial charge is 0.394 e. The number of hydrogen-bond acceptors (Lipinski definition) is 59. The second-order valence-electron chi connectivity index (χ2n) is 36.6. The molecule has 0 aromatic heterocycles. The normalized spacial score (nSPS) is 50.7. The molecule has 63 heteroatoms. The molecule has 0 radical (unpaired) electrons. The van der Waals surface area contributed by atoms with E-state index in [1.807, 2.05) is 0 Å². The van der Waals surface area contributed by atoms with Crippen LogP contribution in [0, 0.1) is 0 Å². The third-order valence-electron chi connectivity index (χ3n) is 26.6. The first-order chi connectivity index (χ1) is 67.6. The first-order valence-corrected chi connectivity index (χ1v) is 45.9. The highest BCUT2D eigenvalue weighted by atomic mass is 16.8. The zero-order valence-electron chi connectivity index (χ0n) is 77.0. The average molecular weight is 2100 g/mol. The maximum absolute atomic E-state index is 13.7. The molecule has 36 N–H and O–H groups in total. The maximum Gasteiger partial charge on any atom is 0.217 e. The Morgan fingerprint density at radius 1 is 0.196 bits per heavy atom. The van der Waals surface area contributed by atoms with Gasteiger partial charge in [-0.05, 0) is 13.8 Å². The summed E-state index contributed by atoms with van der Waals surface area (Å²) < 4.78 is 138. The molecule has 4 amide bonds. The molecule has 0 aromatic rings. The molecule has 0 bridgehead atoms. The van der Waals surface area contributed by atoms with E-state index in [0.29, 0.717) is 0 Å². The Labute approximate surface area is 809 Å². The highest BCUT2D eigenvalue weighted by Crippen LogP contribution is 2.43. The van der Waals surface area contributed by atoms with Gasteiger partial charge in [-0.15, -0.1) is 0 Å². The lowest BCUT2D eigenvalue weighted by molar-refractivity contribution is -0.403. The fourth-order valence-corrected chi connectivity index (χ4v) is 18.7. The second-order valence-corrected chi connectivity index (χ2v) is 36.6. The number of aliphatic hydroxyl groups is 32. The van der Waals surface area contributed by atoms with Gasteiger partial charge in [0.05, 0.1) is 78.3 Å². The van der Waals surface area contributed by atoms with Crippen molar-refractivity contribution < 1.29 is 292 Å². The molecule has 12 aliphatic rings. The molecule has 12 saturated heterocycles. The Kier molecular flexibility index (Phi) is 41.8. The first kappa shape index (κ1) is 117. The van der Waals surface area contributed by atoms with Gasteiger partial charge in [0.1, 0.15) is 281 Å². The van der Waals surface area contributed by atoms with E-state index in [1.165, 1.54) is 13.8 Å². The Balaban J connectivity index is 0.885. The molecule has 828 valence electrons. The van der Waals surface area contributed by atoms with Crippen molar-refractivity contribution in [3.8, 4) is 0 Å². The fraction of sp³-hybridized carbons (Fsp3) is 0.950. The van der Waals surface area contributed by atoms with Crippen LogP contribution in [-0.4, -0.2) is 621 Å². The zero-order valence-corrected chi connectivity index (χ0v) is 77.0. The molecule has 63 nitrogen and oxygen atoms in total. The van der Waals surface area contributed by atoms with Gasteiger partial charge < -0.3 is 294 Å². The van der Waals surface area contributed by atoms with Gasteiger partial charge in [0.25, 0.3) is 0 Å². The Morgan fingerprint density at radius 3 is 0.874 bits per heavy atom. The van der Waals surface area contributed by atoms with Gasteiger partial charge in [0.15, 0.2) is 75.5 Å². The van der Waals surface area contributed by atoms with Gasteiger partial charge in [0.2, 0.25) is 23.6 Å². The lowest BCUT2D eigenvalue weighted by Crippen LogP contribution is -2.71. The maximum atomic E-state index is 13.7. The number of rotatable bonds is 36. The molecular formula is C80H134N4O59. The number of amides is 4. The van der Waals surface area contributed by atoms with Crippen LogP contribution in [0.4, 0.5) is 0 Å². The van der Waals surface area contributed by atoms with Gasteiger partial charge in [-0.2, -0.15) is 0 Å². The van der Waals surface area contributed by atoms with Crippen molar-refractivity contribution in [2.24, 2.45) is 0 Å². The van der Waals surface area contributed by atoms with Crippen molar-refractivity contribution in [3.63, 3.8) is 0 Å². The monoisotopic (exact) mass is 2090 g/mol. The van der Waals surface area contributed by atoms with Crippen molar-refractivity contribution in [2.45, 2.75) is 410 Å². The van der Waals surface area contributed by atoms with Crippen LogP contribution >= 0.6 is 0 Å². The summed E-state index contributed by atoms with van der Waals surface area (Å²) in [7, 11) is 0. The number of nitrogens with one attached hydrogen (secondary N) is 4. The molecule has 0 unspecified atom stereocenters. The van der Waals surface area contributed by atoms with E-state index in [9.17, 15) is 183 Å². The lowest BCUT2D eigenvalue weighted by atomic mass is 9.93. The molecular weight excluding hydrogens is 1960 g/mol. The Morgan fingerprint density at radius 2 is 0.448 bits per heavy atom. The van der Waals surface area contributed by atoms with E-state index in [4.69, 9.17) is 109 Å². The summed E-state index contributed by atoms with van der Waals surface area (Å²) in [5, 5.41) is 370. The van der Waals surface area contributed by atoms with Gasteiger partial charge in [-0.25, -0.2) is 0 Å². The average Bonchev–Trinajstić information content (AvgIpc) is 0.786. The zero-order chi connectivity index (χ0) is 105. The second kappa shape index (κ2) is 51.0. The van der Waals surface area contributed by atoms with Crippen LogP contribution in [-0.2, 0) is 128 Å². The topological polar surface area (TPSA) is 976 Å². The van der Waals surface area contributed by atoms with Crippen LogP contribution < -0.4 is 21.3 Å². The first-order valence-electron chi connectivity index (χ1n) is 45.9. The van der Waals surface area contributed by atoms with Gasteiger partial charge >= 0.3 is 0 Å². The fourth-order valence-electron chi connectivity index (χ4n) is 18.7.